The second kappa shape index (κ2) is 9.19. The van der Waals surface area contributed by atoms with E-state index in [9.17, 15) is 9.59 Å². The molecule has 0 spiro atoms. The first-order chi connectivity index (χ1) is 12.6. The number of alkyl carbamates (subject to hydrolysis) is 1. The fourth-order valence-corrected chi connectivity index (χ4v) is 2.68. The molecule has 8 heteroatoms. The van der Waals surface area contributed by atoms with Crippen LogP contribution in [0.5, 0.6) is 0 Å². The van der Waals surface area contributed by atoms with E-state index in [4.69, 9.17) is 16.3 Å². The van der Waals surface area contributed by atoms with Gasteiger partial charge in [0.25, 0.3) is 0 Å². The quantitative estimate of drug-likeness (QED) is 0.648. The van der Waals surface area contributed by atoms with Crippen LogP contribution in [0.1, 0.15) is 26.3 Å². The topological polar surface area (TPSA) is 80.3 Å². The van der Waals surface area contributed by atoms with Crippen molar-refractivity contribution in [1.29, 1.82) is 0 Å². The summed E-state index contributed by atoms with van der Waals surface area (Å²) in [6.45, 7) is 5.28. The van der Waals surface area contributed by atoms with Gasteiger partial charge in [-0.1, -0.05) is 41.9 Å². The lowest BCUT2D eigenvalue weighted by molar-refractivity contribution is -0.118. The van der Waals surface area contributed by atoms with Crippen LogP contribution in [0.15, 0.2) is 47.1 Å². The Morgan fingerprint density at radius 1 is 1.26 bits per heavy atom. The first kappa shape index (κ1) is 21.2. The molecule has 0 fully saturated rings. The highest BCUT2D eigenvalue weighted by Gasteiger charge is 2.25. The van der Waals surface area contributed by atoms with E-state index in [1.165, 1.54) is 6.20 Å². The Balaban J connectivity index is 2.15. The molecule has 0 bridgehead atoms. The van der Waals surface area contributed by atoms with Crippen molar-refractivity contribution in [1.82, 2.24) is 10.3 Å². The zero-order chi connectivity index (χ0) is 20.0. The number of anilines is 1. The van der Waals surface area contributed by atoms with Crippen molar-refractivity contribution < 1.29 is 14.3 Å². The van der Waals surface area contributed by atoms with Crippen LogP contribution in [-0.4, -0.2) is 28.6 Å². The number of aromatic nitrogens is 1. The lowest BCUT2D eigenvalue weighted by Gasteiger charge is -2.23. The Labute approximate surface area is 171 Å². The summed E-state index contributed by atoms with van der Waals surface area (Å²) < 4.78 is 5.83. The van der Waals surface area contributed by atoms with Crippen LogP contribution in [0.3, 0.4) is 0 Å². The van der Waals surface area contributed by atoms with Crippen LogP contribution < -0.4 is 10.6 Å². The molecule has 0 aliphatic heterocycles. The van der Waals surface area contributed by atoms with Crippen molar-refractivity contribution in [3.8, 4) is 0 Å². The van der Waals surface area contributed by atoms with Gasteiger partial charge in [-0.15, -0.1) is 0 Å². The molecule has 1 aromatic carbocycles. The number of benzene rings is 1. The smallest absolute Gasteiger partial charge is 0.408 e. The van der Waals surface area contributed by atoms with Gasteiger partial charge in [-0.05, 0) is 48.3 Å². The number of pyridine rings is 1. The van der Waals surface area contributed by atoms with Crippen molar-refractivity contribution in [3.63, 3.8) is 0 Å². The molecule has 1 atom stereocenters. The zero-order valence-corrected chi connectivity index (χ0v) is 17.6. The lowest BCUT2D eigenvalue weighted by atomic mass is 10.1. The Bertz CT molecular complexity index is 810. The number of nitrogens with one attached hydrogen (secondary N) is 2. The molecule has 0 aliphatic rings. The molecule has 0 saturated carbocycles. The third-order valence-corrected chi connectivity index (χ3v) is 4.49. The van der Waals surface area contributed by atoms with Gasteiger partial charge in [0, 0.05) is 6.42 Å². The van der Waals surface area contributed by atoms with Gasteiger partial charge in [0.05, 0.1) is 16.4 Å². The van der Waals surface area contributed by atoms with Crippen LogP contribution in [0.25, 0.3) is 0 Å². The van der Waals surface area contributed by atoms with Gasteiger partial charge in [0.15, 0.2) is 0 Å². The van der Waals surface area contributed by atoms with Crippen LogP contribution in [0, 0.1) is 0 Å². The monoisotopic (exact) mass is 453 g/mol. The van der Waals surface area contributed by atoms with Crippen LogP contribution in [-0.2, 0) is 16.0 Å². The highest BCUT2D eigenvalue weighted by molar-refractivity contribution is 9.10. The van der Waals surface area contributed by atoms with Gasteiger partial charge >= 0.3 is 6.09 Å². The number of carbonyl (C=O) groups excluding carboxylic acids is 2. The number of rotatable bonds is 5. The fourth-order valence-electron chi connectivity index (χ4n) is 2.23. The maximum atomic E-state index is 12.8. The summed E-state index contributed by atoms with van der Waals surface area (Å²) in [4.78, 5) is 28.9. The fraction of sp³-hybridized carbons (Fsp3) is 0.316. The summed E-state index contributed by atoms with van der Waals surface area (Å²) in [5.41, 5.74) is 0.701. The average molecular weight is 455 g/mol. The minimum atomic E-state index is -0.822. The Kier molecular flexibility index (Phi) is 7.21. The number of hydrogen-bond donors (Lipinski definition) is 2. The second-order valence-corrected chi connectivity index (χ2v) is 8.09. The molecule has 144 valence electrons. The average Bonchev–Trinajstić information content (AvgIpc) is 2.57. The summed E-state index contributed by atoms with van der Waals surface area (Å²) in [5, 5.41) is 5.67. The van der Waals surface area contributed by atoms with Crippen LogP contribution in [0.4, 0.5) is 10.5 Å². The third kappa shape index (κ3) is 7.19. The van der Waals surface area contributed by atoms with Crippen molar-refractivity contribution in [3.05, 3.63) is 57.8 Å². The number of amides is 2. The predicted octanol–water partition coefficient (Wildman–Crippen LogP) is 4.57. The molecule has 0 saturated heterocycles. The minimum Gasteiger partial charge on any atom is -0.444 e. The Morgan fingerprint density at radius 2 is 1.93 bits per heavy atom. The molecule has 1 heterocycles. The highest BCUT2D eigenvalue weighted by atomic mass is 79.9. The van der Waals surface area contributed by atoms with Crippen LogP contribution >= 0.6 is 27.5 Å². The number of carbonyl (C=O) groups is 2. The van der Waals surface area contributed by atoms with Gasteiger partial charge in [0.1, 0.15) is 16.8 Å². The summed E-state index contributed by atoms with van der Waals surface area (Å²) >= 11 is 9.14. The van der Waals surface area contributed by atoms with E-state index in [2.05, 4.69) is 31.5 Å². The molecule has 1 aromatic heterocycles. The maximum Gasteiger partial charge on any atom is 0.408 e. The first-order valence-corrected chi connectivity index (χ1v) is 9.46. The Morgan fingerprint density at radius 3 is 2.52 bits per heavy atom. The number of hydrogen-bond acceptors (Lipinski definition) is 4. The Hall–Kier alpha value is -2.12. The number of halogens is 2. The van der Waals surface area contributed by atoms with Crippen molar-refractivity contribution in [2.45, 2.75) is 38.8 Å². The molecule has 0 radical (unpaired) electrons. The van der Waals surface area contributed by atoms with Crippen molar-refractivity contribution in [2.24, 2.45) is 0 Å². The molecular formula is C19H21BrClN3O3. The van der Waals surface area contributed by atoms with E-state index in [0.717, 1.165) is 5.56 Å². The molecule has 27 heavy (non-hydrogen) atoms. The highest BCUT2D eigenvalue weighted by Crippen LogP contribution is 2.23. The maximum absolute atomic E-state index is 12.8. The predicted molar refractivity (Wildman–Crippen MR) is 109 cm³/mol. The van der Waals surface area contributed by atoms with Gasteiger partial charge in [-0.3, -0.25) is 4.79 Å². The SMILES string of the molecule is CC(C)(C)OC(=O)N[C@@H](Cc1ccccc1)C(=O)Nc1cnc(Cl)c(Br)c1. The standard InChI is InChI=1S/C19H21BrClN3O3/c1-19(2,3)27-18(26)24-15(9-12-7-5-4-6-8-12)17(25)23-13-10-14(20)16(21)22-11-13/h4-8,10-11,15H,9H2,1-3H3,(H,23,25)(H,24,26)/t15-/m0/s1. The van der Waals surface area contributed by atoms with Gasteiger partial charge in [0.2, 0.25) is 5.91 Å². The van der Waals surface area contributed by atoms with E-state index >= 15 is 0 Å². The zero-order valence-electron chi connectivity index (χ0n) is 15.3. The van der Waals surface area contributed by atoms with E-state index in [0.29, 0.717) is 21.7 Å². The largest absolute Gasteiger partial charge is 0.444 e. The molecule has 0 aliphatic carbocycles. The number of nitrogens with zero attached hydrogens (tertiary/aromatic N) is 1. The van der Waals surface area contributed by atoms with E-state index in [1.807, 2.05) is 30.3 Å². The molecule has 6 nitrogen and oxygen atoms in total. The lowest BCUT2D eigenvalue weighted by Crippen LogP contribution is -2.47. The van der Waals surface area contributed by atoms with E-state index < -0.39 is 17.7 Å². The second-order valence-electron chi connectivity index (χ2n) is 6.87. The van der Waals surface area contributed by atoms with Gasteiger partial charge in [-0.2, -0.15) is 0 Å². The van der Waals surface area contributed by atoms with Crippen molar-refractivity contribution in [2.75, 3.05) is 5.32 Å². The first-order valence-electron chi connectivity index (χ1n) is 8.29. The summed E-state index contributed by atoms with van der Waals surface area (Å²) in [7, 11) is 0. The third-order valence-electron chi connectivity index (χ3n) is 3.35. The van der Waals surface area contributed by atoms with Gasteiger partial charge < -0.3 is 15.4 Å². The molecule has 2 N–H and O–H groups in total. The molecule has 2 amide bonds. The molecule has 2 rings (SSSR count). The van der Waals surface area contributed by atoms with E-state index in [1.54, 1.807) is 26.8 Å². The van der Waals surface area contributed by atoms with Crippen molar-refractivity contribution >= 4 is 45.2 Å². The molecule has 0 unspecified atom stereocenters. The van der Waals surface area contributed by atoms with Gasteiger partial charge in [-0.25, -0.2) is 9.78 Å². The normalized spacial score (nSPS) is 12.2. The number of ether oxygens (including phenoxy) is 1. The minimum absolute atomic E-state index is 0.292. The molecule has 2 aromatic rings. The summed E-state index contributed by atoms with van der Waals surface area (Å²) in [5.74, 6) is -0.388. The van der Waals surface area contributed by atoms with Crippen LogP contribution in [0.2, 0.25) is 5.15 Å². The summed E-state index contributed by atoms with van der Waals surface area (Å²) in [6.07, 6.45) is 1.10. The van der Waals surface area contributed by atoms with E-state index in [-0.39, 0.29) is 5.91 Å². The summed E-state index contributed by atoms with van der Waals surface area (Å²) in [6, 6.07) is 10.2. The molecular weight excluding hydrogens is 434 g/mol.